The molecule has 0 spiro atoms. The zero-order chi connectivity index (χ0) is 21.0. The Morgan fingerprint density at radius 1 is 1.14 bits per heavy atom. The molecule has 0 amide bonds. The monoisotopic (exact) mass is 404 g/mol. The third-order valence-corrected chi connectivity index (χ3v) is 4.61. The standard InChI is InChI=1S/C23H21ClN4O/c1-14-11-18(24)12-20(23(14)28-16(3)22-13-25-9-10-26-22)15(2)27-21-8-6-5-7-19(21)17(4)29/h5-13,27H,2H2,1,3-4H3/b28-16+. The van der Waals surface area contributed by atoms with E-state index in [4.69, 9.17) is 16.6 Å². The van der Waals surface area contributed by atoms with Crippen molar-refractivity contribution in [2.45, 2.75) is 20.8 Å². The molecule has 0 unspecified atom stereocenters. The third-order valence-electron chi connectivity index (χ3n) is 4.40. The van der Waals surface area contributed by atoms with Crippen LogP contribution in [0.25, 0.3) is 5.70 Å². The van der Waals surface area contributed by atoms with Crippen LogP contribution in [0, 0.1) is 6.92 Å². The molecule has 0 aliphatic rings. The molecule has 0 radical (unpaired) electrons. The van der Waals surface area contributed by atoms with E-state index in [1.54, 1.807) is 24.7 Å². The van der Waals surface area contributed by atoms with E-state index in [1.807, 2.05) is 44.2 Å². The highest BCUT2D eigenvalue weighted by molar-refractivity contribution is 6.31. The van der Waals surface area contributed by atoms with Crippen LogP contribution in [0.5, 0.6) is 0 Å². The number of aromatic nitrogens is 2. The average molecular weight is 405 g/mol. The van der Waals surface area contributed by atoms with Crippen LogP contribution in [0.3, 0.4) is 0 Å². The number of carbonyl (C=O) groups is 1. The first-order chi connectivity index (χ1) is 13.9. The van der Waals surface area contributed by atoms with Gasteiger partial charge in [-0.05, 0) is 50.6 Å². The van der Waals surface area contributed by atoms with E-state index >= 15 is 0 Å². The second-order valence-corrected chi connectivity index (χ2v) is 7.05. The molecule has 1 heterocycles. The number of anilines is 1. The molecule has 3 aromatic rings. The van der Waals surface area contributed by atoms with Gasteiger partial charge in [0.05, 0.1) is 17.6 Å². The zero-order valence-corrected chi connectivity index (χ0v) is 17.3. The smallest absolute Gasteiger partial charge is 0.161 e. The van der Waals surface area contributed by atoms with Gasteiger partial charge in [0.25, 0.3) is 0 Å². The minimum atomic E-state index is -0.0279. The lowest BCUT2D eigenvalue weighted by molar-refractivity contribution is 0.101. The molecule has 6 heteroatoms. The van der Waals surface area contributed by atoms with Gasteiger partial charge < -0.3 is 5.32 Å². The van der Waals surface area contributed by atoms with Gasteiger partial charge in [-0.2, -0.15) is 0 Å². The number of nitrogens with zero attached hydrogens (tertiary/aromatic N) is 3. The molecule has 0 aliphatic carbocycles. The summed E-state index contributed by atoms with van der Waals surface area (Å²) in [6, 6.07) is 11.0. The number of aryl methyl sites for hydroxylation is 1. The molecule has 146 valence electrons. The van der Waals surface area contributed by atoms with E-state index in [0.717, 1.165) is 22.5 Å². The third kappa shape index (κ3) is 4.76. The summed E-state index contributed by atoms with van der Waals surface area (Å²) in [7, 11) is 0. The van der Waals surface area contributed by atoms with Crippen molar-refractivity contribution in [3.8, 4) is 0 Å². The molecule has 1 aromatic heterocycles. The molecule has 0 fully saturated rings. The molecule has 0 atom stereocenters. The minimum absolute atomic E-state index is 0.0279. The lowest BCUT2D eigenvalue weighted by atomic mass is 10.0. The maximum atomic E-state index is 11.9. The van der Waals surface area contributed by atoms with Crippen molar-refractivity contribution in [1.29, 1.82) is 0 Å². The van der Waals surface area contributed by atoms with Crippen LogP contribution in [0.4, 0.5) is 11.4 Å². The summed E-state index contributed by atoms with van der Waals surface area (Å²) < 4.78 is 0. The van der Waals surface area contributed by atoms with Gasteiger partial charge in [0.15, 0.2) is 5.78 Å². The Labute approximate surface area is 175 Å². The van der Waals surface area contributed by atoms with Gasteiger partial charge in [-0.3, -0.25) is 19.8 Å². The molecule has 5 nitrogen and oxygen atoms in total. The normalized spacial score (nSPS) is 11.2. The van der Waals surface area contributed by atoms with Gasteiger partial charge in [-0.25, -0.2) is 0 Å². The topological polar surface area (TPSA) is 67.2 Å². The summed E-state index contributed by atoms with van der Waals surface area (Å²) in [4.78, 5) is 25.1. The summed E-state index contributed by atoms with van der Waals surface area (Å²) in [5, 5.41) is 3.82. The van der Waals surface area contributed by atoms with Crippen molar-refractivity contribution in [1.82, 2.24) is 9.97 Å². The number of hydrogen-bond donors (Lipinski definition) is 1. The second kappa shape index (κ2) is 8.80. The molecule has 0 aliphatic heterocycles. The molecule has 0 saturated carbocycles. The number of aliphatic imine (C=N–C) groups is 1. The van der Waals surface area contributed by atoms with Gasteiger partial charge in [-0.1, -0.05) is 30.3 Å². The summed E-state index contributed by atoms with van der Waals surface area (Å²) in [5.74, 6) is -0.0279. The molecular formula is C23H21ClN4O. The van der Waals surface area contributed by atoms with E-state index < -0.39 is 0 Å². The quantitative estimate of drug-likeness (QED) is 0.412. The largest absolute Gasteiger partial charge is 0.355 e. The highest BCUT2D eigenvalue weighted by Crippen LogP contribution is 2.34. The van der Waals surface area contributed by atoms with Crippen molar-refractivity contribution in [3.63, 3.8) is 0 Å². The Hall–Kier alpha value is -3.31. The van der Waals surface area contributed by atoms with Crippen molar-refractivity contribution in [2.75, 3.05) is 5.32 Å². The predicted octanol–water partition coefficient (Wildman–Crippen LogP) is 5.86. The average Bonchev–Trinajstić information content (AvgIpc) is 2.70. The maximum Gasteiger partial charge on any atom is 0.161 e. The Bertz CT molecular complexity index is 1110. The van der Waals surface area contributed by atoms with Gasteiger partial charge >= 0.3 is 0 Å². The van der Waals surface area contributed by atoms with E-state index in [2.05, 4.69) is 21.9 Å². The number of ketones is 1. The highest BCUT2D eigenvalue weighted by atomic mass is 35.5. The molecule has 0 bridgehead atoms. The van der Waals surface area contributed by atoms with E-state index in [-0.39, 0.29) is 5.78 Å². The predicted molar refractivity (Wildman–Crippen MR) is 119 cm³/mol. The first-order valence-electron chi connectivity index (χ1n) is 9.05. The molecule has 3 rings (SSSR count). The fourth-order valence-electron chi connectivity index (χ4n) is 2.95. The number of para-hydroxylation sites is 1. The van der Waals surface area contributed by atoms with E-state index in [0.29, 0.717) is 27.7 Å². The van der Waals surface area contributed by atoms with E-state index in [1.165, 1.54) is 6.92 Å². The Morgan fingerprint density at radius 2 is 1.90 bits per heavy atom. The molecular weight excluding hydrogens is 384 g/mol. The number of Topliss-reactive ketones (excluding diaryl/α,β-unsaturated/α-hetero) is 1. The van der Waals surface area contributed by atoms with Gasteiger partial charge in [0, 0.05) is 39.9 Å². The zero-order valence-electron chi connectivity index (χ0n) is 16.5. The summed E-state index contributed by atoms with van der Waals surface area (Å²) >= 11 is 6.31. The lowest BCUT2D eigenvalue weighted by Gasteiger charge is -2.16. The first kappa shape index (κ1) is 20.4. The number of hydrogen-bond acceptors (Lipinski definition) is 5. The van der Waals surface area contributed by atoms with Crippen molar-refractivity contribution in [2.24, 2.45) is 4.99 Å². The SMILES string of the molecule is C=C(Nc1ccccc1C(C)=O)c1cc(Cl)cc(C)c1/N=C(\C)c1cnccn1. The number of rotatable bonds is 6. The summed E-state index contributed by atoms with van der Waals surface area (Å²) in [5.41, 5.74) is 5.66. The molecule has 1 N–H and O–H groups in total. The minimum Gasteiger partial charge on any atom is -0.355 e. The van der Waals surface area contributed by atoms with E-state index in [9.17, 15) is 4.79 Å². The fraction of sp³-hybridized carbons (Fsp3) is 0.130. The Balaban J connectivity index is 2.04. The van der Waals surface area contributed by atoms with Gasteiger partial charge in [0.1, 0.15) is 5.69 Å². The fourth-order valence-corrected chi connectivity index (χ4v) is 3.23. The van der Waals surface area contributed by atoms with Crippen LogP contribution in [0.15, 0.2) is 66.6 Å². The highest BCUT2D eigenvalue weighted by Gasteiger charge is 2.14. The second-order valence-electron chi connectivity index (χ2n) is 6.61. The van der Waals surface area contributed by atoms with Gasteiger partial charge in [-0.15, -0.1) is 0 Å². The Morgan fingerprint density at radius 3 is 2.59 bits per heavy atom. The summed E-state index contributed by atoms with van der Waals surface area (Å²) in [6.45, 7) is 9.52. The van der Waals surface area contributed by atoms with Crippen LogP contribution < -0.4 is 5.32 Å². The van der Waals surface area contributed by atoms with Crippen molar-refractivity contribution in [3.05, 3.63) is 89.0 Å². The van der Waals surface area contributed by atoms with Crippen molar-refractivity contribution >= 4 is 40.2 Å². The van der Waals surface area contributed by atoms with Crippen LogP contribution in [0.2, 0.25) is 5.02 Å². The summed E-state index contributed by atoms with van der Waals surface area (Å²) in [6.07, 6.45) is 4.91. The number of carbonyl (C=O) groups excluding carboxylic acids is 1. The first-order valence-corrected chi connectivity index (χ1v) is 9.42. The van der Waals surface area contributed by atoms with Crippen LogP contribution >= 0.6 is 11.6 Å². The van der Waals surface area contributed by atoms with Crippen LogP contribution in [0.1, 0.15) is 41.0 Å². The van der Waals surface area contributed by atoms with Crippen molar-refractivity contribution < 1.29 is 4.79 Å². The molecule has 0 saturated heterocycles. The lowest BCUT2D eigenvalue weighted by Crippen LogP contribution is -2.05. The van der Waals surface area contributed by atoms with Gasteiger partial charge in [0.2, 0.25) is 0 Å². The number of nitrogens with one attached hydrogen (secondary N) is 1. The Kier molecular flexibility index (Phi) is 6.20. The van der Waals surface area contributed by atoms with Crippen LogP contribution in [-0.4, -0.2) is 21.5 Å². The molecule has 2 aromatic carbocycles. The van der Waals surface area contributed by atoms with Crippen LogP contribution in [-0.2, 0) is 0 Å². The maximum absolute atomic E-state index is 11.9. The molecule has 29 heavy (non-hydrogen) atoms. The number of benzene rings is 2. The number of halogens is 1.